The van der Waals surface area contributed by atoms with Crippen LogP contribution in [-0.2, 0) is 42.9 Å². The van der Waals surface area contributed by atoms with Crippen LogP contribution >= 0.6 is 0 Å². The second-order valence-corrected chi connectivity index (χ2v) is 22.4. The number of unbranched alkanes of at least 4 members (excludes halogenated alkanes) is 38. The highest BCUT2D eigenvalue weighted by Crippen LogP contribution is 2.27. The zero-order chi connectivity index (χ0) is 56.1. The van der Waals surface area contributed by atoms with E-state index in [0.29, 0.717) is 19.3 Å². The van der Waals surface area contributed by atoms with Gasteiger partial charge in [-0.05, 0) is 64.2 Å². The second-order valence-electron chi connectivity index (χ2n) is 22.4. The normalized spacial score (nSPS) is 18.1. The molecule has 1 aliphatic heterocycles. The van der Waals surface area contributed by atoms with Gasteiger partial charge in [-0.25, -0.2) is 4.79 Å². The van der Waals surface area contributed by atoms with Gasteiger partial charge in [0.15, 0.2) is 24.6 Å². The fourth-order valence-corrected chi connectivity index (χ4v) is 9.99. The Balaban J connectivity index is 2.63. The van der Waals surface area contributed by atoms with Crippen molar-refractivity contribution in [2.75, 3.05) is 13.2 Å². The summed E-state index contributed by atoms with van der Waals surface area (Å²) in [5.74, 6) is -3.10. The maximum atomic E-state index is 13.2. The molecule has 12 nitrogen and oxygen atoms in total. The Hall–Kier alpha value is -2.80. The minimum atomic E-state index is -1.90. The fraction of sp³-hybridized carbons (Fsp3) is 0.877. The van der Waals surface area contributed by atoms with Crippen molar-refractivity contribution in [3.8, 4) is 0 Å². The van der Waals surface area contributed by atoms with Crippen LogP contribution in [0, 0.1) is 0 Å². The summed E-state index contributed by atoms with van der Waals surface area (Å²) in [6.07, 6.45) is 50.1. The smallest absolute Gasteiger partial charge is 0.335 e. The number of allylic oxidation sites excluding steroid dienone is 4. The molecule has 1 fully saturated rings. The van der Waals surface area contributed by atoms with Gasteiger partial charge in [0, 0.05) is 19.3 Å². The standard InChI is InChI=1S/C65H118O12/c1-4-7-10-13-16-19-22-24-26-28-29-31-32-34-37-39-42-45-48-51-57(66)73-54-56(75-58(67)52-49-46-43-41-38-35-33-30-27-25-23-20-17-14-11-8-5-2)55-74-65-63(61(70)60(69)62(77-65)64(71)72)76-59(68)53-50-47-44-40-36-21-18-15-12-9-6-3/h15,18,24,26,56,60-63,65,69-70H,4-14,16-17,19-23,25,27-55H2,1-3H3,(H,71,72)/b18-15-,26-24-. The lowest BCUT2D eigenvalue weighted by molar-refractivity contribution is -0.301. The first kappa shape index (κ1) is 72.2. The van der Waals surface area contributed by atoms with Gasteiger partial charge in [-0.15, -0.1) is 0 Å². The Morgan fingerprint density at radius 2 is 0.753 bits per heavy atom. The van der Waals surface area contributed by atoms with E-state index in [1.807, 2.05) is 0 Å². The van der Waals surface area contributed by atoms with Crippen LogP contribution in [0.5, 0.6) is 0 Å². The van der Waals surface area contributed by atoms with Crippen molar-refractivity contribution >= 4 is 23.9 Å². The number of ether oxygens (including phenoxy) is 5. The van der Waals surface area contributed by atoms with E-state index in [9.17, 15) is 34.5 Å². The number of hydrogen-bond acceptors (Lipinski definition) is 11. The summed E-state index contributed by atoms with van der Waals surface area (Å²) < 4.78 is 28.5. The summed E-state index contributed by atoms with van der Waals surface area (Å²) in [5, 5.41) is 31.5. The number of aliphatic hydroxyl groups excluding tert-OH is 2. The number of esters is 3. The predicted octanol–water partition coefficient (Wildman–Crippen LogP) is 17.0. The van der Waals surface area contributed by atoms with E-state index in [-0.39, 0.29) is 25.9 Å². The monoisotopic (exact) mass is 1090 g/mol. The lowest BCUT2D eigenvalue weighted by atomic mass is 9.98. The molecule has 1 saturated heterocycles. The lowest BCUT2D eigenvalue weighted by Crippen LogP contribution is -2.61. The molecule has 0 aromatic carbocycles. The van der Waals surface area contributed by atoms with Crippen LogP contribution < -0.4 is 0 Å². The molecule has 450 valence electrons. The van der Waals surface area contributed by atoms with Gasteiger partial charge in [0.1, 0.15) is 18.8 Å². The molecule has 1 aliphatic rings. The highest BCUT2D eigenvalue weighted by molar-refractivity contribution is 5.74. The van der Waals surface area contributed by atoms with Gasteiger partial charge in [-0.1, -0.05) is 257 Å². The Kier molecular flexibility index (Phi) is 50.5. The minimum Gasteiger partial charge on any atom is -0.479 e. The molecule has 0 aromatic rings. The second kappa shape index (κ2) is 53.8. The molecule has 0 radical (unpaired) electrons. The maximum absolute atomic E-state index is 13.2. The number of carboxylic acid groups (broad SMARTS) is 1. The molecule has 6 unspecified atom stereocenters. The highest BCUT2D eigenvalue weighted by Gasteiger charge is 2.50. The molecular weight excluding hydrogens is 973 g/mol. The van der Waals surface area contributed by atoms with E-state index in [4.69, 9.17) is 23.7 Å². The van der Waals surface area contributed by atoms with Crippen LogP contribution in [0.25, 0.3) is 0 Å². The molecule has 0 amide bonds. The van der Waals surface area contributed by atoms with Crippen molar-refractivity contribution in [1.82, 2.24) is 0 Å². The van der Waals surface area contributed by atoms with E-state index < -0.39 is 67.3 Å². The van der Waals surface area contributed by atoms with E-state index in [1.54, 1.807) is 0 Å². The summed E-state index contributed by atoms with van der Waals surface area (Å²) in [6, 6.07) is 0. The predicted molar refractivity (Wildman–Crippen MR) is 313 cm³/mol. The largest absolute Gasteiger partial charge is 0.479 e. The maximum Gasteiger partial charge on any atom is 0.335 e. The van der Waals surface area contributed by atoms with Crippen LogP contribution in [0.3, 0.4) is 0 Å². The molecule has 12 heteroatoms. The third kappa shape index (κ3) is 43.7. The minimum absolute atomic E-state index is 0.0542. The Morgan fingerprint density at radius 1 is 0.416 bits per heavy atom. The zero-order valence-electron chi connectivity index (χ0n) is 49.7. The van der Waals surface area contributed by atoms with Crippen LogP contribution in [0.2, 0.25) is 0 Å². The van der Waals surface area contributed by atoms with Crippen LogP contribution in [0.1, 0.15) is 316 Å². The lowest BCUT2D eigenvalue weighted by Gasteiger charge is -2.40. The summed E-state index contributed by atoms with van der Waals surface area (Å²) >= 11 is 0. The number of rotatable bonds is 56. The van der Waals surface area contributed by atoms with Crippen LogP contribution in [0.15, 0.2) is 24.3 Å². The number of hydrogen-bond donors (Lipinski definition) is 3. The van der Waals surface area contributed by atoms with Gasteiger partial charge in [0.25, 0.3) is 0 Å². The van der Waals surface area contributed by atoms with E-state index in [1.165, 1.54) is 180 Å². The van der Waals surface area contributed by atoms with Gasteiger partial charge >= 0.3 is 23.9 Å². The number of carbonyl (C=O) groups is 4. The Bertz CT molecular complexity index is 1430. The molecular formula is C65H118O12. The zero-order valence-corrected chi connectivity index (χ0v) is 49.7. The first-order valence-electron chi connectivity index (χ1n) is 32.3. The summed E-state index contributed by atoms with van der Waals surface area (Å²) in [7, 11) is 0. The quantitative estimate of drug-likeness (QED) is 0.0228. The summed E-state index contributed by atoms with van der Waals surface area (Å²) in [5.41, 5.74) is 0. The molecule has 0 aromatic heterocycles. The summed E-state index contributed by atoms with van der Waals surface area (Å²) in [4.78, 5) is 51.2. The highest BCUT2D eigenvalue weighted by atomic mass is 16.7. The molecule has 77 heavy (non-hydrogen) atoms. The number of aliphatic hydroxyl groups is 2. The third-order valence-corrected chi connectivity index (χ3v) is 15.0. The van der Waals surface area contributed by atoms with Gasteiger partial charge in [0.05, 0.1) is 6.61 Å². The average molecular weight is 1090 g/mol. The molecule has 3 N–H and O–H groups in total. The number of aliphatic carboxylic acids is 1. The van der Waals surface area contributed by atoms with Crippen molar-refractivity contribution in [3.63, 3.8) is 0 Å². The number of carboxylic acids is 1. The SMILES string of the molecule is CCCC/C=C\CCCCCCCC(=O)OC1C(OCC(COC(=O)CCCCCCCCCCC/C=C\CCCCCCCC)OC(=O)CCCCCCCCCCCCCCCCCCC)OC(C(=O)O)C(O)C1O. The molecule has 6 atom stereocenters. The summed E-state index contributed by atoms with van der Waals surface area (Å²) in [6.45, 7) is 5.99. The molecule has 0 saturated carbocycles. The Labute approximate surface area is 470 Å². The average Bonchev–Trinajstić information content (AvgIpc) is 3.42. The van der Waals surface area contributed by atoms with E-state index >= 15 is 0 Å². The fourth-order valence-electron chi connectivity index (χ4n) is 9.99. The van der Waals surface area contributed by atoms with E-state index in [0.717, 1.165) is 77.0 Å². The van der Waals surface area contributed by atoms with Crippen molar-refractivity contribution in [2.45, 2.75) is 353 Å². The first-order valence-corrected chi connectivity index (χ1v) is 32.3. The van der Waals surface area contributed by atoms with E-state index in [2.05, 4.69) is 45.1 Å². The first-order chi connectivity index (χ1) is 37.6. The molecule has 0 bridgehead atoms. The van der Waals surface area contributed by atoms with Crippen LogP contribution in [-0.4, -0.2) is 89.2 Å². The van der Waals surface area contributed by atoms with Gasteiger partial charge < -0.3 is 39.0 Å². The molecule has 1 rings (SSSR count). The van der Waals surface area contributed by atoms with Crippen LogP contribution in [0.4, 0.5) is 0 Å². The molecule has 1 heterocycles. The topological polar surface area (TPSA) is 175 Å². The van der Waals surface area contributed by atoms with Crippen molar-refractivity contribution in [1.29, 1.82) is 0 Å². The van der Waals surface area contributed by atoms with Crippen molar-refractivity contribution in [3.05, 3.63) is 24.3 Å². The van der Waals surface area contributed by atoms with Gasteiger partial charge in [-0.3, -0.25) is 14.4 Å². The Morgan fingerprint density at radius 3 is 1.14 bits per heavy atom. The van der Waals surface area contributed by atoms with Crippen molar-refractivity contribution in [2.24, 2.45) is 0 Å². The molecule has 0 spiro atoms. The number of carbonyl (C=O) groups excluding carboxylic acids is 3. The molecule has 0 aliphatic carbocycles. The van der Waals surface area contributed by atoms with Crippen molar-refractivity contribution < 1.29 is 58.2 Å². The van der Waals surface area contributed by atoms with Gasteiger partial charge in [0.2, 0.25) is 0 Å². The van der Waals surface area contributed by atoms with Gasteiger partial charge in [-0.2, -0.15) is 0 Å². The third-order valence-electron chi connectivity index (χ3n) is 15.0.